The van der Waals surface area contributed by atoms with Crippen molar-refractivity contribution >= 4 is 0 Å². The number of fused-ring (bicyclic) bond motifs is 1. The van der Waals surface area contributed by atoms with E-state index in [1.165, 1.54) is 0 Å². The SMILES string of the molecule is Cc1c(C)c2c(c(C)c1O)CCC(C)(C[C@@]1(CO)O[C@H](CO)[C@@H](O)[C@@H]1O)O2. The highest BCUT2D eigenvalue weighted by Crippen LogP contribution is 2.47. The number of ether oxygens (including phenoxy) is 2. The van der Waals surface area contributed by atoms with E-state index < -0.39 is 42.7 Å². The van der Waals surface area contributed by atoms with E-state index in [2.05, 4.69) is 0 Å². The van der Waals surface area contributed by atoms with Crippen LogP contribution in [0.1, 0.15) is 42.0 Å². The molecule has 0 saturated carbocycles. The van der Waals surface area contributed by atoms with Crippen molar-refractivity contribution in [3.8, 4) is 11.5 Å². The van der Waals surface area contributed by atoms with Gasteiger partial charge in [-0.15, -0.1) is 0 Å². The predicted octanol–water partition coefficient (Wildman–Crippen LogP) is 0.635. The standard InChI is InChI=1S/C20H30O7/c1-10-11(2)17-13(12(3)15(10)23)5-6-19(4,27-17)8-20(9-22)18(25)16(24)14(7-21)26-20/h14,16,18,21-25H,5-9H2,1-4H3/t14-,16-,18+,19?,20+/m1/s1. The maximum atomic E-state index is 10.5. The molecule has 1 aromatic carbocycles. The van der Waals surface area contributed by atoms with Crippen molar-refractivity contribution in [1.82, 2.24) is 0 Å². The van der Waals surface area contributed by atoms with Crippen LogP contribution in [0.2, 0.25) is 0 Å². The lowest BCUT2D eigenvalue weighted by Crippen LogP contribution is -2.53. The molecule has 0 radical (unpaired) electrons. The number of hydrogen-bond donors (Lipinski definition) is 5. The topological polar surface area (TPSA) is 120 Å². The second-order valence-electron chi connectivity index (χ2n) is 8.26. The van der Waals surface area contributed by atoms with Crippen LogP contribution in [0.15, 0.2) is 0 Å². The van der Waals surface area contributed by atoms with Gasteiger partial charge in [0.25, 0.3) is 0 Å². The Labute approximate surface area is 159 Å². The first-order chi connectivity index (χ1) is 12.6. The Morgan fingerprint density at radius 1 is 1.07 bits per heavy atom. The summed E-state index contributed by atoms with van der Waals surface area (Å²) >= 11 is 0. The number of rotatable bonds is 4. The first-order valence-electron chi connectivity index (χ1n) is 9.35. The molecule has 1 fully saturated rings. The molecular weight excluding hydrogens is 352 g/mol. The molecule has 27 heavy (non-hydrogen) atoms. The molecule has 1 aromatic rings. The van der Waals surface area contributed by atoms with E-state index in [-0.39, 0.29) is 12.2 Å². The van der Waals surface area contributed by atoms with E-state index in [0.717, 1.165) is 28.0 Å². The van der Waals surface area contributed by atoms with Gasteiger partial charge >= 0.3 is 0 Å². The number of aliphatic hydroxyl groups is 4. The van der Waals surface area contributed by atoms with Crippen molar-refractivity contribution in [2.75, 3.05) is 13.2 Å². The average molecular weight is 382 g/mol. The Kier molecular flexibility index (Phi) is 5.20. The lowest BCUT2D eigenvalue weighted by molar-refractivity contribution is -0.150. The van der Waals surface area contributed by atoms with Gasteiger partial charge in [-0.1, -0.05) is 0 Å². The van der Waals surface area contributed by atoms with E-state index >= 15 is 0 Å². The monoisotopic (exact) mass is 382 g/mol. The molecule has 0 aromatic heterocycles. The van der Waals surface area contributed by atoms with Crippen LogP contribution in [-0.2, 0) is 11.2 Å². The molecule has 1 unspecified atom stereocenters. The van der Waals surface area contributed by atoms with Crippen molar-refractivity contribution in [3.05, 3.63) is 22.3 Å². The summed E-state index contributed by atoms with van der Waals surface area (Å²) in [4.78, 5) is 0. The molecule has 0 bridgehead atoms. The third-order valence-corrected chi connectivity index (χ3v) is 6.34. The lowest BCUT2D eigenvalue weighted by atomic mass is 9.78. The Balaban J connectivity index is 1.93. The number of phenolic OH excluding ortho intramolecular Hbond substituents is 1. The van der Waals surface area contributed by atoms with Gasteiger partial charge in [0.1, 0.15) is 41.0 Å². The minimum Gasteiger partial charge on any atom is -0.507 e. The molecule has 5 N–H and O–H groups in total. The van der Waals surface area contributed by atoms with Crippen molar-refractivity contribution in [1.29, 1.82) is 0 Å². The molecule has 152 valence electrons. The summed E-state index contributed by atoms with van der Waals surface area (Å²) in [6, 6.07) is 0. The van der Waals surface area contributed by atoms with E-state index in [4.69, 9.17) is 9.47 Å². The van der Waals surface area contributed by atoms with Gasteiger partial charge in [0.2, 0.25) is 0 Å². The summed E-state index contributed by atoms with van der Waals surface area (Å²) in [6.07, 6.45) is -2.12. The predicted molar refractivity (Wildman–Crippen MR) is 98.1 cm³/mol. The fraction of sp³-hybridized carbons (Fsp3) is 0.700. The van der Waals surface area contributed by atoms with Gasteiger partial charge in [-0.2, -0.15) is 0 Å². The summed E-state index contributed by atoms with van der Waals surface area (Å²) in [5.74, 6) is 1.00. The Morgan fingerprint density at radius 3 is 2.30 bits per heavy atom. The molecule has 2 aliphatic rings. The first-order valence-corrected chi connectivity index (χ1v) is 9.35. The molecule has 5 atom stereocenters. The molecule has 7 heteroatoms. The minimum absolute atomic E-state index is 0.156. The van der Waals surface area contributed by atoms with Crippen LogP contribution in [0.25, 0.3) is 0 Å². The van der Waals surface area contributed by atoms with Crippen molar-refractivity contribution in [2.24, 2.45) is 0 Å². The number of aliphatic hydroxyl groups excluding tert-OH is 4. The second-order valence-corrected chi connectivity index (χ2v) is 8.26. The highest BCUT2D eigenvalue weighted by molar-refractivity contribution is 5.58. The largest absolute Gasteiger partial charge is 0.507 e. The lowest BCUT2D eigenvalue weighted by Gasteiger charge is -2.43. The van der Waals surface area contributed by atoms with Crippen molar-refractivity contribution in [2.45, 2.75) is 76.5 Å². The molecule has 0 aliphatic carbocycles. The van der Waals surface area contributed by atoms with E-state index in [9.17, 15) is 25.5 Å². The number of phenols is 1. The van der Waals surface area contributed by atoms with Gasteiger partial charge in [-0.05, 0) is 57.2 Å². The summed E-state index contributed by atoms with van der Waals surface area (Å²) in [6.45, 7) is 6.55. The summed E-state index contributed by atoms with van der Waals surface area (Å²) in [7, 11) is 0. The van der Waals surface area contributed by atoms with Gasteiger partial charge in [-0.25, -0.2) is 0 Å². The molecule has 2 heterocycles. The zero-order valence-corrected chi connectivity index (χ0v) is 16.3. The molecule has 7 nitrogen and oxygen atoms in total. The maximum Gasteiger partial charge on any atom is 0.127 e. The molecule has 0 spiro atoms. The molecule has 3 rings (SSSR count). The minimum atomic E-state index is -1.41. The Bertz CT molecular complexity index is 734. The van der Waals surface area contributed by atoms with Gasteiger partial charge < -0.3 is 35.0 Å². The quantitative estimate of drug-likeness (QED) is 0.518. The van der Waals surface area contributed by atoms with Gasteiger partial charge in [0.05, 0.1) is 13.2 Å². The van der Waals surface area contributed by atoms with Gasteiger partial charge in [-0.3, -0.25) is 0 Å². The molecule has 0 amide bonds. The third kappa shape index (κ3) is 3.11. The zero-order valence-electron chi connectivity index (χ0n) is 16.3. The fourth-order valence-electron chi connectivity index (χ4n) is 4.49. The van der Waals surface area contributed by atoms with Crippen LogP contribution in [-0.4, -0.2) is 68.3 Å². The van der Waals surface area contributed by atoms with Crippen molar-refractivity contribution < 1.29 is 35.0 Å². The second kappa shape index (κ2) is 6.90. The van der Waals surface area contributed by atoms with E-state index in [0.29, 0.717) is 12.8 Å². The molecule has 1 saturated heterocycles. The maximum absolute atomic E-state index is 10.5. The number of benzene rings is 1. The zero-order chi connectivity index (χ0) is 20.1. The summed E-state index contributed by atoms with van der Waals surface area (Å²) in [5, 5.41) is 50.3. The van der Waals surface area contributed by atoms with Crippen molar-refractivity contribution in [3.63, 3.8) is 0 Å². The number of hydrogen-bond acceptors (Lipinski definition) is 7. The van der Waals surface area contributed by atoms with Crippen LogP contribution in [0.3, 0.4) is 0 Å². The fourth-order valence-corrected chi connectivity index (χ4v) is 4.49. The van der Waals surface area contributed by atoms with Crippen LogP contribution in [0.5, 0.6) is 11.5 Å². The third-order valence-electron chi connectivity index (χ3n) is 6.34. The van der Waals surface area contributed by atoms with Crippen LogP contribution < -0.4 is 4.74 Å². The summed E-state index contributed by atoms with van der Waals surface area (Å²) in [5.41, 5.74) is 1.24. The molecule has 2 aliphatic heterocycles. The van der Waals surface area contributed by atoms with Crippen LogP contribution in [0.4, 0.5) is 0 Å². The smallest absolute Gasteiger partial charge is 0.127 e. The number of aromatic hydroxyl groups is 1. The first kappa shape index (κ1) is 20.4. The average Bonchev–Trinajstić information content (AvgIpc) is 2.89. The van der Waals surface area contributed by atoms with Gasteiger partial charge in [0, 0.05) is 12.0 Å². The van der Waals surface area contributed by atoms with Crippen LogP contribution >= 0.6 is 0 Å². The Morgan fingerprint density at radius 2 is 1.74 bits per heavy atom. The molecular formula is C20H30O7. The van der Waals surface area contributed by atoms with E-state index in [1.54, 1.807) is 0 Å². The highest BCUT2D eigenvalue weighted by atomic mass is 16.6. The van der Waals surface area contributed by atoms with E-state index in [1.807, 2.05) is 27.7 Å². The highest BCUT2D eigenvalue weighted by Gasteiger charge is 2.57. The summed E-state index contributed by atoms with van der Waals surface area (Å²) < 4.78 is 12.1. The normalized spacial score (nSPS) is 35.8. The van der Waals surface area contributed by atoms with Gasteiger partial charge in [0.15, 0.2) is 0 Å². The Hall–Kier alpha value is -1.38. The van der Waals surface area contributed by atoms with Crippen LogP contribution in [0, 0.1) is 20.8 Å².